The number of esters is 1. The molecular formula is C15H26O5. The highest BCUT2D eigenvalue weighted by atomic mass is 16.5. The van der Waals surface area contributed by atoms with E-state index in [0.717, 1.165) is 25.7 Å². The topological polar surface area (TPSA) is 61.8 Å². The molecule has 1 rings (SSSR count). The van der Waals surface area contributed by atoms with E-state index in [0.29, 0.717) is 0 Å². The number of hydrogen-bond acceptors (Lipinski definition) is 5. The van der Waals surface area contributed by atoms with Crippen LogP contribution in [0.4, 0.5) is 0 Å². The Bertz CT molecular complexity index is 337. The van der Waals surface area contributed by atoms with Gasteiger partial charge in [-0.05, 0) is 46.5 Å². The van der Waals surface area contributed by atoms with Crippen molar-refractivity contribution in [3.05, 3.63) is 0 Å². The molecule has 0 radical (unpaired) electrons. The maximum Gasteiger partial charge on any atom is 0.319 e. The molecule has 0 amide bonds. The second-order valence-electron chi connectivity index (χ2n) is 5.73. The van der Waals surface area contributed by atoms with Crippen LogP contribution in [0.25, 0.3) is 0 Å². The maximum absolute atomic E-state index is 12.1. The number of ketones is 1. The lowest BCUT2D eigenvalue weighted by Crippen LogP contribution is -2.39. The fourth-order valence-electron chi connectivity index (χ4n) is 2.27. The molecule has 0 spiro atoms. The van der Waals surface area contributed by atoms with Gasteiger partial charge in [-0.15, -0.1) is 0 Å². The summed E-state index contributed by atoms with van der Waals surface area (Å²) in [6.45, 7) is 5.11. The molecular weight excluding hydrogens is 260 g/mol. The third kappa shape index (κ3) is 4.56. The SMILES string of the molecule is CCOC(=O)C(C)(C)C(=O)COC1CCCC(OC)C1. The van der Waals surface area contributed by atoms with E-state index in [1.807, 2.05) is 0 Å². The average molecular weight is 286 g/mol. The zero-order valence-corrected chi connectivity index (χ0v) is 12.9. The second-order valence-corrected chi connectivity index (χ2v) is 5.73. The second kappa shape index (κ2) is 7.74. The number of ether oxygens (including phenoxy) is 3. The van der Waals surface area contributed by atoms with Crippen molar-refractivity contribution in [1.82, 2.24) is 0 Å². The van der Waals surface area contributed by atoms with Crippen molar-refractivity contribution in [3.8, 4) is 0 Å². The van der Waals surface area contributed by atoms with Gasteiger partial charge in [-0.25, -0.2) is 0 Å². The highest BCUT2D eigenvalue weighted by molar-refractivity contribution is 6.03. The van der Waals surface area contributed by atoms with Gasteiger partial charge < -0.3 is 14.2 Å². The summed E-state index contributed by atoms with van der Waals surface area (Å²) < 4.78 is 15.9. The maximum atomic E-state index is 12.1. The molecule has 20 heavy (non-hydrogen) atoms. The molecule has 0 aliphatic heterocycles. The summed E-state index contributed by atoms with van der Waals surface area (Å²) in [6.07, 6.45) is 4.07. The van der Waals surface area contributed by atoms with E-state index < -0.39 is 11.4 Å². The van der Waals surface area contributed by atoms with Crippen LogP contribution in [0.1, 0.15) is 46.5 Å². The van der Waals surface area contributed by atoms with Crippen LogP contribution in [-0.2, 0) is 23.8 Å². The van der Waals surface area contributed by atoms with Crippen LogP contribution >= 0.6 is 0 Å². The quantitative estimate of drug-likeness (QED) is 0.530. The number of carbonyl (C=O) groups excluding carboxylic acids is 2. The summed E-state index contributed by atoms with van der Waals surface area (Å²) in [5, 5.41) is 0. The molecule has 0 aromatic carbocycles. The molecule has 0 aromatic rings. The van der Waals surface area contributed by atoms with Gasteiger partial charge in [-0.3, -0.25) is 9.59 Å². The van der Waals surface area contributed by atoms with Gasteiger partial charge >= 0.3 is 5.97 Å². The highest BCUT2D eigenvalue weighted by Gasteiger charge is 2.37. The predicted octanol–water partition coefficient (Wildman–Crippen LogP) is 2.12. The predicted molar refractivity (Wildman–Crippen MR) is 74.4 cm³/mol. The monoisotopic (exact) mass is 286 g/mol. The first-order chi connectivity index (χ1) is 9.41. The minimum atomic E-state index is -1.15. The normalized spacial score (nSPS) is 23.4. The standard InChI is InChI=1S/C15H26O5/c1-5-19-14(17)15(2,3)13(16)10-20-12-8-6-7-11(9-12)18-4/h11-12H,5-10H2,1-4H3. The van der Waals surface area contributed by atoms with Gasteiger partial charge in [0.2, 0.25) is 0 Å². The Hall–Kier alpha value is -0.940. The first kappa shape index (κ1) is 17.1. The van der Waals surface area contributed by atoms with Crippen LogP contribution in [0.5, 0.6) is 0 Å². The Morgan fingerprint density at radius 3 is 2.45 bits per heavy atom. The van der Waals surface area contributed by atoms with Crippen molar-refractivity contribution in [2.75, 3.05) is 20.3 Å². The van der Waals surface area contributed by atoms with Crippen LogP contribution in [0.3, 0.4) is 0 Å². The number of rotatable bonds is 7. The fourth-order valence-corrected chi connectivity index (χ4v) is 2.27. The van der Waals surface area contributed by atoms with Gasteiger partial charge in [0.25, 0.3) is 0 Å². The van der Waals surface area contributed by atoms with E-state index in [-0.39, 0.29) is 31.2 Å². The Labute approximate surface area is 121 Å². The molecule has 1 aliphatic carbocycles. The summed E-state index contributed by atoms with van der Waals surface area (Å²) in [5.41, 5.74) is -1.15. The molecule has 1 aliphatic rings. The van der Waals surface area contributed by atoms with Crippen LogP contribution in [0.2, 0.25) is 0 Å². The molecule has 0 heterocycles. The van der Waals surface area contributed by atoms with Gasteiger partial charge in [-0.1, -0.05) is 0 Å². The van der Waals surface area contributed by atoms with Gasteiger partial charge in [0.05, 0.1) is 18.8 Å². The molecule has 5 heteroatoms. The molecule has 0 bridgehead atoms. The Kier molecular flexibility index (Phi) is 6.62. The van der Waals surface area contributed by atoms with Crippen molar-refractivity contribution in [1.29, 1.82) is 0 Å². The minimum Gasteiger partial charge on any atom is -0.465 e. The van der Waals surface area contributed by atoms with Crippen molar-refractivity contribution < 1.29 is 23.8 Å². The zero-order valence-electron chi connectivity index (χ0n) is 12.9. The lowest BCUT2D eigenvalue weighted by atomic mass is 9.88. The highest BCUT2D eigenvalue weighted by Crippen LogP contribution is 2.24. The lowest BCUT2D eigenvalue weighted by Gasteiger charge is -2.29. The van der Waals surface area contributed by atoms with Gasteiger partial charge in [0.15, 0.2) is 5.78 Å². The number of Topliss-reactive ketones (excluding diaryl/α,β-unsaturated/α-hetero) is 1. The molecule has 0 N–H and O–H groups in total. The first-order valence-electron chi connectivity index (χ1n) is 7.26. The van der Waals surface area contributed by atoms with E-state index in [4.69, 9.17) is 14.2 Å². The van der Waals surface area contributed by atoms with Crippen LogP contribution in [0, 0.1) is 5.41 Å². The average Bonchev–Trinajstić information content (AvgIpc) is 2.45. The van der Waals surface area contributed by atoms with E-state index in [1.165, 1.54) is 0 Å². The molecule has 5 nitrogen and oxygen atoms in total. The first-order valence-corrected chi connectivity index (χ1v) is 7.26. The molecule has 1 saturated carbocycles. The van der Waals surface area contributed by atoms with Crippen molar-refractivity contribution in [2.24, 2.45) is 5.41 Å². The van der Waals surface area contributed by atoms with E-state index >= 15 is 0 Å². The largest absolute Gasteiger partial charge is 0.465 e. The zero-order chi connectivity index (χ0) is 15.2. The Morgan fingerprint density at radius 2 is 1.85 bits per heavy atom. The summed E-state index contributed by atoms with van der Waals surface area (Å²) in [6, 6.07) is 0. The third-order valence-corrected chi connectivity index (χ3v) is 3.84. The van der Waals surface area contributed by atoms with Crippen LogP contribution < -0.4 is 0 Å². The Balaban J connectivity index is 2.44. The van der Waals surface area contributed by atoms with Gasteiger partial charge in [0, 0.05) is 7.11 Å². The molecule has 0 aromatic heterocycles. The van der Waals surface area contributed by atoms with E-state index in [1.54, 1.807) is 27.9 Å². The van der Waals surface area contributed by atoms with Crippen molar-refractivity contribution in [3.63, 3.8) is 0 Å². The molecule has 2 unspecified atom stereocenters. The molecule has 116 valence electrons. The number of hydrogen-bond donors (Lipinski definition) is 0. The van der Waals surface area contributed by atoms with Gasteiger partial charge in [0.1, 0.15) is 12.0 Å². The molecule has 2 atom stereocenters. The summed E-state index contributed by atoms with van der Waals surface area (Å²) >= 11 is 0. The van der Waals surface area contributed by atoms with Crippen LogP contribution in [-0.4, -0.2) is 44.3 Å². The van der Waals surface area contributed by atoms with Crippen LogP contribution in [0.15, 0.2) is 0 Å². The Morgan fingerprint density at radius 1 is 1.20 bits per heavy atom. The minimum absolute atomic E-state index is 0.0376. The summed E-state index contributed by atoms with van der Waals surface area (Å²) in [5.74, 6) is -0.734. The van der Waals surface area contributed by atoms with E-state index in [9.17, 15) is 9.59 Å². The lowest BCUT2D eigenvalue weighted by molar-refractivity contribution is -0.160. The summed E-state index contributed by atoms with van der Waals surface area (Å²) in [4.78, 5) is 23.9. The molecule has 1 fully saturated rings. The van der Waals surface area contributed by atoms with Crippen molar-refractivity contribution >= 4 is 11.8 Å². The van der Waals surface area contributed by atoms with Crippen molar-refractivity contribution in [2.45, 2.75) is 58.7 Å². The third-order valence-electron chi connectivity index (χ3n) is 3.84. The van der Waals surface area contributed by atoms with Gasteiger partial charge in [-0.2, -0.15) is 0 Å². The summed E-state index contributed by atoms with van der Waals surface area (Å²) in [7, 11) is 1.70. The van der Waals surface area contributed by atoms with E-state index in [2.05, 4.69) is 0 Å². The number of carbonyl (C=O) groups is 2. The smallest absolute Gasteiger partial charge is 0.319 e. The number of methoxy groups -OCH3 is 1. The molecule has 0 saturated heterocycles. The fraction of sp³-hybridized carbons (Fsp3) is 0.867.